The number of ether oxygens (including phenoxy) is 1. The molecule has 1 aliphatic heterocycles. The normalized spacial score (nSPS) is 13.3. The van der Waals surface area contributed by atoms with Gasteiger partial charge in [0.2, 0.25) is 5.91 Å². The predicted octanol–water partition coefficient (Wildman–Crippen LogP) is 5.25. The highest BCUT2D eigenvalue weighted by Crippen LogP contribution is 2.26. The van der Waals surface area contributed by atoms with Crippen molar-refractivity contribution in [1.29, 1.82) is 0 Å². The number of fused-ring (bicyclic) bond motifs is 1. The topological polar surface area (TPSA) is 87.5 Å². The fourth-order valence-electron chi connectivity index (χ4n) is 5.07. The zero-order valence-corrected chi connectivity index (χ0v) is 23.2. The van der Waals surface area contributed by atoms with Crippen molar-refractivity contribution in [2.45, 2.75) is 6.42 Å². The second-order valence-corrected chi connectivity index (χ2v) is 10.3. The number of benzene rings is 3. The first kappa shape index (κ1) is 26.3. The highest BCUT2D eigenvalue weighted by Gasteiger charge is 2.15. The van der Waals surface area contributed by atoms with Crippen molar-refractivity contribution in [3.05, 3.63) is 96.7 Å². The van der Waals surface area contributed by atoms with E-state index in [1.54, 1.807) is 0 Å². The van der Waals surface area contributed by atoms with Crippen LogP contribution in [0, 0.1) is 0 Å². The van der Waals surface area contributed by atoms with E-state index in [2.05, 4.69) is 42.8 Å². The molecule has 1 fully saturated rings. The molecule has 9 nitrogen and oxygen atoms in total. The molecule has 0 aliphatic carbocycles. The molecule has 0 spiro atoms. The number of nitrogens with one attached hydrogen (secondary N) is 2. The summed E-state index contributed by atoms with van der Waals surface area (Å²) in [4.78, 5) is 17.4. The molecule has 3 aromatic carbocycles. The first-order valence-electron chi connectivity index (χ1n) is 13.7. The van der Waals surface area contributed by atoms with Crippen LogP contribution in [0.25, 0.3) is 16.7 Å². The van der Waals surface area contributed by atoms with Crippen molar-refractivity contribution in [2.75, 3.05) is 60.8 Å². The summed E-state index contributed by atoms with van der Waals surface area (Å²) in [6.45, 7) is 3.24. The zero-order valence-electron chi connectivity index (χ0n) is 23.2. The van der Waals surface area contributed by atoms with Crippen LogP contribution in [0.4, 0.5) is 28.6 Å². The molecule has 3 heterocycles. The fraction of sp³-hybridized carbons (Fsp3) is 0.219. The summed E-state index contributed by atoms with van der Waals surface area (Å²) < 4.78 is 7.42. The van der Waals surface area contributed by atoms with Crippen LogP contribution >= 0.6 is 0 Å². The van der Waals surface area contributed by atoms with Crippen LogP contribution in [0.5, 0.6) is 0 Å². The van der Waals surface area contributed by atoms with E-state index in [1.165, 1.54) is 0 Å². The lowest BCUT2D eigenvalue weighted by Crippen LogP contribution is -2.36. The quantitative estimate of drug-likeness (QED) is 0.274. The average Bonchev–Trinajstić information content (AvgIpc) is 3.36. The van der Waals surface area contributed by atoms with Crippen LogP contribution in [0.2, 0.25) is 0 Å². The lowest BCUT2D eigenvalue weighted by molar-refractivity contribution is -0.115. The molecule has 6 rings (SSSR count). The minimum Gasteiger partial charge on any atom is -0.378 e. The molecule has 2 N–H and O–H groups in total. The molecule has 9 heteroatoms. The van der Waals surface area contributed by atoms with Crippen molar-refractivity contribution >= 4 is 45.4 Å². The van der Waals surface area contributed by atoms with E-state index in [1.807, 2.05) is 97.7 Å². The van der Waals surface area contributed by atoms with Gasteiger partial charge in [-0.1, -0.05) is 24.3 Å². The maximum absolute atomic E-state index is 13.1. The van der Waals surface area contributed by atoms with Crippen molar-refractivity contribution in [1.82, 2.24) is 14.8 Å². The Bertz CT molecular complexity index is 1640. The minimum atomic E-state index is -0.0717. The Hall–Kier alpha value is -4.89. The lowest BCUT2D eigenvalue weighted by Gasteiger charge is -2.28. The van der Waals surface area contributed by atoms with Crippen LogP contribution in [-0.4, -0.2) is 61.1 Å². The number of carbonyl (C=O) groups excluding carboxylic acids is 1. The molecule has 41 heavy (non-hydrogen) atoms. The third kappa shape index (κ3) is 6.00. The maximum Gasteiger partial charge on any atom is 0.228 e. The number of amides is 1. The monoisotopic (exact) mass is 547 g/mol. The van der Waals surface area contributed by atoms with Gasteiger partial charge in [-0.05, 0) is 66.2 Å². The highest BCUT2D eigenvalue weighted by atomic mass is 16.5. The fourth-order valence-corrected chi connectivity index (χ4v) is 5.07. The van der Waals surface area contributed by atoms with E-state index < -0.39 is 0 Å². The Morgan fingerprint density at radius 2 is 1.71 bits per heavy atom. The molecule has 208 valence electrons. The number of aromatic nitrogens is 3. The lowest BCUT2D eigenvalue weighted by atomic mass is 10.1. The minimum absolute atomic E-state index is 0.0717. The molecular weight excluding hydrogens is 514 g/mol. The van der Waals surface area contributed by atoms with E-state index in [9.17, 15) is 4.79 Å². The van der Waals surface area contributed by atoms with E-state index in [4.69, 9.17) is 4.74 Å². The number of hydrogen-bond acceptors (Lipinski definition) is 7. The van der Waals surface area contributed by atoms with Gasteiger partial charge in [-0.15, -0.1) is 10.2 Å². The van der Waals surface area contributed by atoms with Gasteiger partial charge in [-0.3, -0.25) is 9.36 Å². The molecule has 1 aliphatic rings. The van der Waals surface area contributed by atoms with Gasteiger partial charge < -0.3 is 25.2 Å². The van der Waals surface area contributed by atoms with Gasteiger partial charge in [0.05, 0.1) is 25.2 Å². The Morgan fingerprint density at radius 3 is 2.46 bits per heavy atom. The first-order valence-corrected chi connectivity index (χ1v) is 13.7. The van der Waals surface area contributed by atoms with Gasteiger partial charge in [0.1, 0.15) is 0 Å². The summed E-state index contributed by atoms with van der Waals surface area (Å²) >= 11 is 0. The molecule has 0 radical (unpaired) electrons. The smallest absolute Gasteiger partial charge is 0.228 e. The Labute approximate surface area is 239 Å². The van der Waals surface area contributed by atoms with Crippen molar-refractivity contribution < 1.29 is 9.53 Å². The number of nitrogens with zero attached hydrogens (tertiary/aromatic N) is 5. The van der Waals surface area contributed by atoms with Crippen LogP contribution < -0.4 is 20.4 Å². The van der Waals surface area contributed by atoms with Gasteiger partial charge in [0.15, 0.2) is 11.6 Å². The van der Waals surface area contributed by atoms with Gasteiger partial charge >= 0.3 is 0 Å². The molecule has 5 aromatic rings. The van der Waals surface area contributed by atoms with E-state index in [-0.39, 0.29) is 12.3 Å². The molecule has 0 atom stereocenters. The van der Waals surface area contributed by atoms with Crippen molar-refractivity contribution in [3.8, 4) is 5.82 Å². The number of anilines is 5. The third-order valence-electron chi connectivity index (χ3n) is 7.21. The molecule has 0 bridgehead atoms. The Morgan fingerprint density at radius 1 is 0.902 bits per heavy atom. The average molecular weight is 548 g/mol. The van der Waals surface area contributed by atoms with Gasteiger partial charge in [-0.25, -0.2) is 0 Å². The summed E-state index contributed by atoms with van der Waals surface area (Å²) in [6, 6.07) is 28.0. The third-order valence-corrected chi connectivity index (χ3v) is 7.21. The number of hydrogen-bond donors (Lipinski definition) is 2. The first-order chi connectivity index (χ1) is 20.0. The summed E-state index contributed by atoms with van der Waals surface area (Å²) in [7, 11) is 4.02. The zero-order chi connectivity index (χ0) is 28.2. The van der Waals surface area contributed by atoms with Crippen molar-refractivity contribution in [3.63, 3.8) is 0 Å². The highest BCUT2D eigenvalue weighted by molar-refractivity contribution is 5.96. The van der Waals surface area contributed by atoms with Gasteiger partial charge in [0.25, 0.3) is 0 Å². The molecule has 2 aromatic heterocycles. The summed E-state index contributed by atoms with van der Waals surface area (Å²) in [5.41, 5.74) is 5.85. The standard InChI is InChI=1S/C32H33N7O2/c1-37(2)27-7-5-6-25(21-27)33-30-14-15-31(36-35-30)39-22-23(28-8-3-4-9-29(28)39)20-32(40)34-24-10-12-26(13-11-24)38-16-18-41-19-17-38/h3-15,21-22H,16-20H2,1-2H3,(H,33,35)(H,34,40). The molecule has 0 saturated carbocycles. The van der Waals surface area contributed by atoms with E-state index >= 15 is 0 Å². The molecule has 0 unspecified atom stereocenters. The Kier molecular flexibility index (Phi) is 7.51. The van der Waals surface area contributed by atoms with E-state index in [0.717, 1.165) is 65.5 Å². The Balaban J connectivity index is 1.16. The maximum atomic E-state index is 13.1. The molecule has 1 amide bonds. The van der Waals surface area contributed by atoms with Gasteiger partial charge in [-0.2, -0.15) is 0 Å². The summed E-state index contributed by atoms with van der Waals surface area (Å²) in [6.07, 6.45) is 2.22. The SMILES string of the molecule is CN(C)c1cccc(Nc2ccc(-n3cc(CC(=O)Nc4ccc(N5CCOCC5)cc4)c4ccccc43)nn2)c1. The van der Waals surface area contributed by atoms with Crippen molar-refractivity contribution in [2.24, 2.45) is 0 Å². The second kappa shape index (κ2) is 11.7. The van der Waals surface area contributed by atoms with E-state index in [0.29, 0.717) is 11.6 Å². The molecule has 1 saturated heterocycles. The largest absolute Gasteiger partial charge is 0.378 e. The second-order valence-electron chi connectivity index (χ2n) is 10.3. The number of morpholine rings is 1. The van der Waals surface area contributed by atoms with Crippen LogP contribution in [0.15, 0.2) is 91.1 Å². The van der Waals surface area contributed by atoms with Crippen LogP contribution in [0.3, 0.4) is 0 Å². The van der Waals surface area contributed by atoms with Crippen LogP contribution in [-0.2, 0) is 16.0 Å². The number of para-hydroxylation sites is 1. The van der Waals surface area contributed by atoms with Crippen LogP contribution in [0.1, 0.15) is 5.56 Å². The summed E-state index contributed by atoms with van der Waals surface area (Å²) in [5, 5.41) is 16.3. The molecular formula is C32H33N7O2. The summed E-state index contributed by atoms with van der Waals surface area (Å²) in [5.74, 6) is 1.26. The number of rotatable bonds is 8. The van der Waals surface area contributed by atoms with Gasteiger partial charge in [0, 0.05) is 61.5 Å². The predicted molar refractivity (Wildman–Crippen MR) is 165 cm³/mol. The number of carbonyl (C=O) groups is 1.